The molecule has 0 spiro atoms. The van der Waals surface area contributed by atoms with Crippen molar-refractivity contribution in [2.24, 2.45) is 0 Å². The van der Waals surface area contributed by atoms with Crippen LogP contribution in [-0.2, 0) is 0 Å². The van der Waals surface area contributed by atoms with Crippen molar-refractivity contribution >= 4 is 28.3 Å². The van der Waals surface area contributed by atoms with Crippen LogP contribution in [0.25, 0.3) is 27.7 Å². The number of imidazole rings is 1. The zero-order chi connectivity index (χ0) is 28.2. The number of aromatic amines is 1. The largest absolute Gasteiger partial charge is 0.493 e. The van der Waals surface area contributed by atoms with E-state index >= 15 is 0 Å². The molecule has 40 heavy (non-hydrogen) atoms. The fourth-order valence-corrected chi connectivity index (χ4v) is 4.99. The second kappa shape index (κ2) is 11.5. The van der Waals surface area contributed by atoms with Crippen LogP contribution in [0.5, 0.6) is 17.2 Å². The SMILES string of the molecule is COc1ccc(-c2nc(/C(=C\C(C)=N)N3CC[C@@H](NC(=O)Oc4ccc5ccccc5c4)C3)[nH]c2C)cc1OC. The van der Waals surface area contributed by atoms with Crippen LogP contribution >= 0.6 is 0 Å². The van der Waals surface area contributed by atoms with Crippen molar-refractivity contribution in [2.45, 2.75) is 26.3 Å². The molecule has 1 atom stereocenters. The van der Waals surface area contributed by atoms with Gasteiger partial charge in [-0.25, -0.2) is 9.78 Å². The molecule has 3 N–H and O–H groups in total. The lowest BCUT2D eigenvalue weighted by Crippen LogP contribution is -2.38. The summed E-state index contributed by atoms with van der Waals surface area (Å²) >= 11 is 0. The summed E-state index contributed by atoms with van der Waals surface area (Å²) in [5, 5.41) is 13.2. The number of aromatic nitrogens is 2. The third-order valence-corrected chi connectivity index (χ3v) is 6.92. The summed E-state index contributed by atoms with van der Waals surface area (Å²) in [5.41, 5.74) is 3.78. The lowest BCUT2D eigenvalue weighted by Gasteiger charge is -2.21. The maximum Gasteiger partial charge on any atom is 0.412 e. The van der Waals surface area contributed by atoms with Gasteiger partial charge in [0.25, 0.3) is 0 Å². The first-order valence-electron chi connectivity index (χ1n) is 13.1. The Kier molecular flexibility index (Phi) is 7.72. The van der Waals surface area contributed by atoms with Gasteiger partial charge < -0.3 is 34.8 Å². The van der Waals surface area contributed by atoms with E-state index in [0.717, 1.165) is 39.8 Å². The van der Waals surface area contributed by atoms with Crippen molar-refractivity contribution in [3.63, 3.8) is 0 Å². The number of amides is 1. The van der Waals surface area contributed by atoms with Crippen molar-refractivity contribution < 1.29 is 19.0 Å². The number of nitrogens with zero attached hydrogens (tertiary/aromatic N) is 2. The van der Waals surface area contributed by atoms with E-state index in [1.807, 2.05) is 61.5 Å². The highest BCUT2D eigenvalue weighted by Crippen LogP contribution is 2.34. The fraction of sp³-hybridized carbons (Fsp3) is 0.258. The fourth-order valence-electron chi connectivity index (χ4n) is 4.99. The molecule has 2 heterocycles. The van der Waals surface area contributed by atoms with E-state index in [2.05, 4.69) is 15.2 Å². The zero-order valence-corrected chi connectivity index (χ0v) is 23.1. The molecule has 0 unspecified atom stereocenters. The van der Waals surface area contributed by atoms with Crippen molar-refractivity contribution in [3.8, 4) is 28.5 Å². The number of nitrogens with one attached hydrogen (secondary N) is 3. The number of methoxy groups -OCH3 is 2. The van der Waals surface area contributed by atoms with Crippen LogP contribution in [-0.4, -0.2) is 60.0 Å². The minimum Gasteiger partial charge on any atom is -0.493 e. The Bertz CT molecular complexity index is 1590. The maximum absolute atomic E-state index is 12.7. The molecular formula is C31H33N5O4. The van der Waals surface area contributed by atoms with Crippen molar-refractivity contribution in [1.82, 2.24) is 20.2 Å². The number of allylic oxidation sites excluding steroid dienone is 1. The van der Waals surface area contributed by atoms with Crippen molar-refractivity contribution in [1.29, 1.82) is 5.41 Å². The van der Waals surface area contributed by atoms with Gasteiger partial charge in [-0.15, -0.1) is 0 Å². The first-order valence-corrected chi connectivity index (χ1v) is 13.1. The van der Waals surface area contributed by atoms with E-state index in [0.29, 0.717) is 41.9 Å². The lowest BCUT2D eigenvalue weighted by molar-refractivity contribution is 0.196. The molecule has 4 aromatic rings. The number of carbonyl (C=O) groups excluding carboxylic acids is 1. The van der Waals surface area contributed by atoms with E-state index in [1.54, 1.807) is 33.3 Å². The van der Waals surface area contributed by atoms with Gasteiger partial charge in [0.15, 0.2) is 17.3 Å². The molecule has 9 heteroatoms. The highest BCUT2D eigenvalue weighted by molar-refractivity contribution is 5.96. The summed E-state index contributed by atoms with van der Waals surface area (Å²) in [4.78, 5) is 23.1. The Morgan fingerprint density at radius 1 is 1.07 bits per heavy atom. The first kappa shape index (κ1) is 26.8. The number of ether oxygens (including phenoxy) is 3. The van der Waals surface area contributed by atoms with Crippen LogP contribution in [0, 0.1) is 12.3 Å². The molecular weight excluding hydrogens is 506 g/mol. The second-order valence-electron chi connectivity index (χ2n) is 9.82. The summed E-state index contributed by atoms with van der Waals surface area (Å²) < 4.78 is 16.4. The molecule has 1 aliphatic rings. The average Bonchev–Trinajstić information content (AvgIpc) is 3.57. The molecule has 0 aliphatic carbocycles. The van der Waals surface area contributed by atoms with E-state index < -0.39 is 6.09 Å². The van der Waals surface area contributed by atoms with Gasteiger partial charge in [-0.05, 0) is 67.4 Å². The summed E-state index contributed by atoms with van der Waals surface area (Å²) in [6.45, 7) is 4.97. The number of likely N-dealkylation sites (tertiary alicyclic amines) is 1. The number of fused-ring (bicyclic) bond motifs is 1. The van der Waals surface area contributed by atoms with Crippen LogP contribution in [0.1, 0.15) is 24.9 Å². The van der Waals surface area contributed by atoms with E-state index in [-0.39, 0.29) is 6.04 Å². The Balaban J connectivity index is 1.30. The molecule has 3 aromatic carbocycles. The standard InChI is InChI=1S/C31H33N5O4/c1-19(32)15-26(30-33-20(2)29(35-30)23-10-12-27(38-3)28(17-23)39-4)36-14-13-24(18-36)34-31(37)40-25-11-9-21-7-5-6-8-22(21)16-25/h5-12,15-17,24,32H,13-14,18H2,1-4H3,(H,33,35)(H,34,37)/b26-15+,32-19?/t24-/m1/s1. The first-order chi connectivity index (χ1) is 19.3. The van der Waals surface area contributed by atoms with Gasteiger partial charge in [-0.3, -0.25) is 0 Å². The minimum absolute atomic E-state index is 0.108. The second-order valence-corrected chi connectivity index (χ2v) is 9.82. The van der Waals surface area contributed by atoms with Crippen molar-refractivity contribution in [2.75, 3.05) is 27.3 Å². The summed E-state index contributed by atoms with van der Waals surface area (Å²) in [5.74, 6) is 2.43. The number of aryl methyl sites for hydroxylation is 1. The molecule has 0 radical (unpaired) electrons. The third kappa shape index (κ3) is 5.78. The van der Waals surface area contributed by atoms with E-state index in [1.165, 1.54) is 0 Å². The molecule has 1 saturated heterocycles. The topological polar surface area (TPSA) is 113 Å². The van der Waals surface area contributed by atoms with Crippen LogP contribution in [0.4, 0.5) is 4.79 Å². The van der Waals surface area contributed by atoms with Crippen molar-refractivity contribution in [3.05, 3.63) is 78.3 Å². The Hall–Kier alpha value is -4.79. The number of carbonyl (C=O) groups is 1. The molecule has 1 aromatic heterocycles. The van der Waals surface area contributed by atoms with Gasteiger partial charge in [-0.1, -0.05) is 30.3 Å². The molecule has 1 amide bonds. The highest BCUT2D eigenvalue weighted by Gasteiger charge is 2.28. The van der Waals surface area contributed by atoms with Crippen LogP contribution in [0.2, 0.25) is 0 Å². The third-order valence-electron chi connectivity index (χ3n) is 6.92. The minimum atomic E-state index is -0.486. The molecule has 1 fully saturated rings. The molecule has 0 bridgehead atoms. The molecule has 5 rings (SSSR count). The Morgan fingerprint density at radius 3 is 2.60 bits per heavy atom. The van der Waals surface area contributed by atoms with E-state index in [9.17, 15) is 4.79 Å². The predicted molar refractivity (Wildman–Crippen MR) is 156 cm³/mol. The average molecular weight is 540 g/mol. The normalized spacial score (nSPS) is 15.2. The summed E-state index contributed by atoms with van der Waals surface area (Å²) in [6.07, 6.45) is 2.05. The zero-order valence-electron chi connectivity index (χ0n) is 23.1. The number of hydrogen-bond donors (Lipinski definition) is 3. The van der Waals surface area contributed by atoms with Gasteiger partial charge in [0, 0.05) is 30.1 Å². The van der Waals surface area contributed by atoms with E-state index in [4.69, 9.17) is 24.6 Å². The Morgan fingerprint density at radius 2 is 1.85 bits per heavy atom. The Labute approximate surface area is 233 Å². The lowest BCUT2D eigenvalue weighted by atomic mass is 10.1. The molecule has 9 nitrogen and oxygen atoms in total. The maximum atomic E-state index is 12.7. The van der Waals surface area contributed by atoms with Gasteiger partial charge >= 0.3 is 6.09 Å². The van der Waals surface area contributed by atoms with Gasteiger partial charge in [0.05, 0.1) is 31.7 Å². The van der Waals surface area contributed by atoms with Crippen LogP contribution < -0.4 is 19.5 Å². The van der Waals surface area contributed by atoms with Gasteiger partial charge in [0.1, 0.15) is 5.75 Å². The number of hydrogen-bond acceptors (Lipinski definition) is 7. The quantitative estimate of drug-likeness (QED) is 0.244. The van der Waals surface area contributed by atoms with Crippen LogP contribution in [0.15, 0.2) is 66.7 Å². The summed E-state index contributed by atoms with van der Waals surface area (Å²) in [6, 6.07) is 19.1. The molecule has 0 saturated carbocycles. The van der Waals surface area contributed by atoms with Gasteiger partial charge in [0.2, 0.25) is 0 Å². The molecule has 1 aliphatic heterocycles. The van der Waals surface area contributed by atoms with Crippen LogP contribution in [0.3, 0.4) is 0 Å². The van der Waals surface area contributed by atoms with Gasteiger partial charge in [-0.2, -0.15) is 0 Å². The molecule has 206 valence electrons. The number of rotatable bonds is 8. The smallest absolute Gasteiger partial charge is 0.412 e. The number of H-pyrrole nitrogens is 1. The monoisotopic (exact) mass is 539 g/mol. The predicted octanol–water partition coefficient (Wildman–Crippen LogP) is 5.80. The summed E-state index contributed by atoms with van der Waals surface area (Å²) in [7, 11) is 3.21. The highest BCUT2D eigenvalue weighted by atomic mass is 16.6. The number of benzene rings is 3.